The Morgan fingerprint density at radius 1 is 0.374 bits per heavy atom. The van der Waals surface area contributed by atoms with Crippen LogP contribution in [0.3, 0.4) is 0 Å². The van der Waals surface area contributed by atoms with Crippen LogP contribution in [0.25, 0.3) is 0 Å². The van der Waals surface area contributed by atoms with E-state index in [1.807, 2.05) is 6.08 Å². The largest absolute Gasteiger partial charge is 0.466 e. The third kappa shape index (κ3) is 65.2. The minimum atomic E-state index is -1.57. The highest BCUT2D eigenvalue weighted by Crippen LogP contribution is 2.24. The second-order valence-corrected chi connectivity index (χ2v) is 30.6. The number of nitrogens with one attached hydrogen (secondary N) is 1. The van der Waals surface area contributed by atoms with Crippen LogP contribution >= 0.6 is 0 Å². The first kappa shape index (κ1) is 94.9. The topological polar surface area (TPSA) is 175 Å². The second-order valence-electron chi connectivity index (χ2n) is 30.6. The number of allylic oxidation sites excluding steroid dienone is 5. The number of aliphatic hydroxyl groups is 5. The van der Waals surface area contributed by atoms with Crippen LogP contribution in [-0.4, -0.2) is 100 Å². The minimum absolute atomic E-state index is 0.0196. The summed E-state index contributed by atoms with van der Waals surface area (Å²) in [7, 11) is 0. The first-order valence-corrected chi connectivity index (χ1v) is 43.8. The summed E-state index contributed by atoms with van der Waals surface area (Å²) in [5, 5.41) is 54.7. The summed E-state index contributed by atoms with van der Waals surface area (Å²) < 4.78 is 16.8. The molecule has 11 nitrogen and oxygen atoms in total. The molecule has 0 bridgehead atoms. The van der Waals surface area contributed by atoms with Gasteiger partial charge in [0.05, 0.1) is 32.0 Å². The third-order valence-corrected chi connectivity index (χ3v) is 21.0. The molecule has 0 aliphatic carbocycles. The second kappa shape index (κ2) is 77.0. The third-order valence-electron chi connectivity index (χ3n) is 21.0. The van der Waals surface area contributed by atoms with Gasteiger partial charge >= 0.3 is 5.97 Å². The van der Waals surface area contributed by atoms with Crippen LogP contribution in [0.2, 0.25) is 0 Å². The minimum Gasteiger partial charge on any atom is -0.466 e. The van der Waals surface area contributed by atoms with Crippen molar-refractivity contribution in [3.05, 3.63) is 36.5 Å². The van der Waals surface area contributed by atoms with Gasteiger partial charge in [0.1, 0.15) is 24.4 Å². The highest BCUT2D eigenvalue weighted by Gasteiger charge is 2.44. The maximum absolute atomic E-state index is 13.1. The van der Waals surface area contributed by atoms with E-state index in [0.29, 0.717) is 19.4 Å². The first-order valence-electron chi connectivity index (χ1n) is 43.8. The number of carbonyl (C=O) groups is 2. The summed E-state index contributed by atoms with van der Waals surface area (Å²) in [5.41, 5.74) is 0. The Labute approximate surface area is 613 Å². The maximum Gasteiger partial charge on any atom is 0.305 e. The van der Waals surface area contributed by atoms with Gasteiger partial charge in [-0.3, -0.25) is 9.59 Å². The summed E-state index contributed by atoms with van der Waals surface area (Å²) >= 11 is 0. The SMILES string of the molecule is CCCCCCCCCCCCCCC/C=C/C(O)C(COC1OC(CO)C(O)C(O)C1O)NC(=O)CCCCCCCCCCCCCCCCCCC/C=C\C/C=C\CCCCCCCCCCCCCCCCCOC(=O)CCCCCCCCCCCCCCCCCCC. The maximum atomic E-state index is 13.1. The highest BCUT2D eigenvalue weighted by molar-refractivity contribution is 5.76. The molecule has 0 saturated carbocycles. The Morgan fingerprint density at radius 3 is 1.02 bits per heavy atom. The number of hydrogen-bond acceptors (Lipinski definition) is 10. The fraction of sp³-hybridized carbons (Fsp3) is 0.909. The van der Waals surface area contributed by atoms with E-state index in [9.17, 15) is 35.1 Å². The molecule has 0 aromatic rings. The summed E-state index contributed by atoms with van der Waals surface area (Å²) in [6.45, 7) is 4.42. The van der Waals surface area contributed by atoms with Gasteiger partial charge in [0, 0.05) is 12.8 Å². The van der Waals surface area contributed by atoms with Crippen molar-refractivity contribution in [3.63, 3.8) is 0 Å². The zero-order valence-electron chi connectivity index (χ0n) is 65.5. The number of esters is 1. The van der Waals surface area contributed by atoms with E-state index in [1.54, 1.807) is 6.08 Å². The Morgan fingerprint density at radius 2 is 0.677 bits per heavy atom. The molecule has 99 heavy (non-hydrogen) atoms. The summed E-state index contributed by atoms with van der Waals surface area (Å²) in [6, 6.07) is -0.808. The number of amides is 1. The van der Waals surface area contributed by atoms with Crippen LogP contribution in [0.15, 0.2) is 36.5 Å². The zero-order valence-corrected chi connectivity index (χ0v) is 65.5. The van der Waals surface area contributed by atoms with Gasteiger partial charge in [-0.25, -0.2) is 0 Å². The molecular weight excluding hydrogens is 1230 g/mol. The highest BCUT2D eigenvalue weighted by atomic mass is 16.7. The standard InChI is InChI=1S/C88H167NO10/c1-3-5-7-9-11-13-15-17-19-43-48-52-56-60-64-68-72-76-84(93)97-77-73-69-65-61-57-53-49-45-42-40-38-36-34-32-30-28-26-24-22-20-21-23-25-27-29-31-33-35-37-39-41-44-47-51-55-59-63-67-71-75-83(92)89-80(79-98-88-87(96)86(95)85(94)82(78-90)99-88)81(91)74-70-66-62-58-54-50-46-18-16-14-12-10-8-6-4-2/h20-21,24,26,70,74,80-82,85-88,90-91,94-96H,3-19,22-23,25,27-69,71-73,75-79H2,1-2H3,(H,89,92)/b21-20-,26-24-,74-70+. The van der Waals surface area contributed by atoms with E-state index in [0.717, 1.165) is 57.8 Å². The molecule has 1 saturated heterocycles. The Kier molecular flexibility index (Phi) is 73.8. The summed E-state index contributed by atoms with van der Waals surface area (Å²) in [4.78, 5) is 25.2. The lowest BCUT2D eigenvalue weighted by molar-refractivity contribution is -0.302. The molecular formula is C88H167NO10. The molecule has 0 radical (unpaired) electrons. The molecule has 1 aliphatic rings. The van der Waals surface area contributed by atoms with Gasteiger partial charge in [-0.15, -0.1) is 0 Å². The number of unbranched alkanes of at least 4 members (excludes halogenated alkanes) is 61. The smallest absolute Gasteiger partial charge is 0.305 e. The average Bonchev–Trinajstić information content (AvgIpc) is 0.834. The van der Waals surface area contributed by atoms with Crippen molar-refractivity contribution in [2.45, 2.75) is 493 Å². The number of rotatable bonds is 79. The molecule has 7 unspecified atom stereocenters. The Balaban J connectivity index is 1.89. The van der Waals surface area contributed by atoms with Gasteiger partial charge < -0.3 is 45.1 Å². The van der Waals surface area contributed by atoms with E-state index in [2.05, 4.69) is 43.5 Å². The van der Waals surface area contributed by atoms with Crippen molar-refractivity contribution >= 4 is 11.9 Å². The average molecular weight is 1400 g/mol. The van der Waals surface area contributed by atoms with Crippen molar-refractivity contribution in [2.75, 3.05) is 19.8 Å². The zero-order chi connectivity index (χ0) is 71.5. The first-order chi connectivity index (χ1) is 48.7. The molecule has 1 heterocycles. The quantitative estimate of drug-likeness (QED) is 0.0195. The van der Waals surface area contributed by atoms with Crippen LogP contribution < -0.4 is 5.32 Å². The fourth-order valence-corrected chi connectivity index (χ4v) is 14.2. The number of carbonyl (C=O) groups excluding carboxylic acids is 2. The molecule has 1 rings (SSSR count). The van der Waals surface area contributed by atoms with Crippen LogP contribution in [0, 0.1) is 0 Å². The molecule has 0 spiro atoms. The van der Waals surface area contributed by atoms with Crippen molar-refractivity contribution < 1.29 is 49.3 Å². The Bertz CT molecular complexity index is 1740. The van der Waals surface area contributed by atoms with E-state index < -0.39 is 49.5 Å². The molecule has 1 aliphatic heterocycles. The molecule has 6 N–H and O–H groups in total. The van der Waals surface area contributed by atoms with E-state index in [4.69, 9.17) is 14.2 Å². The van der Waals surface area contributed by atoms with Gasteiger partial charge in [0.15, 0.2) is 6.29 Å². The van der Waals surface area contributed by atoms with Gasteiger partial charge in [0.25, 0.3) is 0 Å². The monoisotopic (exact) mass is 1400 g/mol. The molecule has 11 heteroatoms. The van der Waals surface area contributed by atoms with Crippen LogP contribution in [-0.2, 0) is 23.8 Å². The van der Waals surface area contributed by atoms with Crippen molar-refractivity contribution in [3.8, 4) is 0 Å². The van der Waals surface area contributed by atoms with E-state index >= 15 is 0 Å². The predicted octanol–water partition coefficient (Wildman–Crippen LogP) is 24.4. The number of hydrogen-bond donors (Lipinski definition) is 6. The molecule has 584 valence electrons. The van der Waals surface area contributed by atoms with Crippen LogP contribution in [0.5, 0.6) is 0 Å². The molecule has 1 fully saturated rings. The Hall–Kier alpha value is -2.12. The number of ether oxygens (including phenoxy) is 3. The normalized spacial score (nSPS) is 17.3. The molecule has 1 amide bonds. The lowest BCUT2D eigenvalue weighted by Crippen LogP contribution is -2.60. The van der Waals surface area contributed by atoms with E-state index in [1.165, 1.54) is 366 Å². The van der Waals surface area contributed by atoms with Crippen molar-refractivity contribution in [1.82, 2.24) is 5.32 Å². The lowest BCUT2D eigenvalue weighted by Gasteiger charge is -2.40. The predicted molar refractivity (Wildman–Crippen MR) is 421 cm³/mol. The van der Waals surface area contributed by atoms with Crippen LogP contribution in [0.1, 0.15) is 450 Å². The van der Waals surface area contributed by atoms with E-state index in [-0.39, 0.29) is 18.5 Å². The van der Waals surface area contributed by atoms with Crippen molar-refractivity contribution in [2.24, 2.45) is 0 Å². The summed E-state index contributed by atoms with van der Waals surface area (Å²) in [6.07, 6.45) is 92.0. The van der Waals surface area contributed by atoms with Crippen LogP contribution in [0.4, 0.5) is 0 Å². The van der Waals surface area contributed by atoms with Gasteiger partial charge in [-0.1, -0.05) is 410 Å². The molecule has 7 atom stereocenters. The number of aliphatic hydroxyl groups excluding tert-OH is 5. The van der Waals surface area contributed by atoms with Gasteiger partial charge in [-0.05, 0) is 64.2 Å². The van der Waals surface area contributed by atoms with Gasteiger partial charge in [-0.2, -0.15) is 0 Å². The lowest BCUT2D eigenvalue weighted by atomic mass is 9.99. The fourth-order valence-electron chi connectivity index (χ4n) is 14.2. The van der Waals surface area contributed by atoms with Gasteiger partial charge in [0.2, 0.25) is 5.91 Å². The molecule has 0 aromatic carbocycles. The van der Waals surface area contributed by atoms with Crippen molar-refractivity contribution in [1.29, 1.82) is 0 Å². The molecule has 0 aromatic heterocycles. The summed E-state index contributed by atoms with van der Waals surface area (Å²) in [5.74, 6) is -0.155.